The van der Waals surface area contributed by atoms with Gasteiger partial charge in [0.25, 0.3) is 5.69 Å². The molecule has 0 spiro atoms. The Balaban J connectivity index is 1.66. The van der Waals surface area contributed by atoms with Gasteiger partial charge in [-0.3, -0.25) is 19.8 Å². The average Bonchev–Trinajstić information content (AvgIpc) is 3.29. The number of non-ortho nitro benzene ring substituents is 1. The second-order valence-electron chi connectivity index (χ2n) is 5.64. The number of hydrogen-bond donors (Lipinski definition) is 0. The van der Waals surface area contributed by atoms with E-state index >= 15 is 0 Å². The van der Waals surface area contributed by atoms with E-state index in [0.717, 1.165) is 5.56 Å². The lowest BCUT2D eigenvalue weighted by Gasteiger charge is -2.21. The third-order valence-electron chi connectivity index (χ3n) is 3.98. The highest BCUT2D eigenvalue weighted by Gasteiger charge is 2.37. The average molecular weight is 419 g/mol. The van der Waals surface area contributed by atoms with E-state index in [9.17, 15) is 14.9 Å². The van der Waals surface area contributed by atoms with E-state index in [1.54, 1.807) is 23.1 Å². The summed E-state index contributed by atoms with van der Waals surface area (Å²) in [5.74, 6) is 0.277. The largest absolute Gasteiger partial charge is 0.273 e. The molecule has 1 aliphatic heterocycles. The van der Waals surface area contributed by atoms with Crippen LogP contribution in [0.25, 0.3) is 10.6 Å². The summed E-state index contributed by atoms with van der Waals surface area (Å²) >= 11 is 9.06. The van der Waals surface area contributed by atoms with Gasteiger partial charge in [0.15, 0.2) is 0 Å². The van der Waals surface area contributed by atoms with E-state index < -0.39 is 4.92 Å². The number of thioether (sulfide) groups is 1. The molecule has 7 nitrogen and oxygen atoms in total. The lowest BCUT2D eigenvalue weighted by molar-refractivity contribution is -0.384. The number of hydrogen-bond acceptors (Lipinski definition) is 7. The lowest BCUT2D eigenvalue weighted by atomic mass is 10.2. The van der Waals surface area contributed by atoms with Gasteiger partial charge in [0, 0.05) is 28.3 Å². The summed E-state index contributed by atoms with van der Waals surface area (Å²) in [6.45, 7) is 0. The summed E-state index contributed by atoms with van der Waals surface area (Å²) in [6.07, 6.45) is 0. The SMILES string of the molecule is O=C1CSC(c2ccccc2Cl)N1c1nnc(-c2ccc([N+](=O)[O-])cc2)s1. The van der Waals surface area contributed by atoms with Gasteiger partial charge in [0.05, 0.1) is 10.7 Å². The topological polar surface area (TPSA) is 89.2 Å². The van der Waals surface area contributed by atoms with Crippen LogP contribution in [0.3, 0.4) is 0 Å². The fourth-order valence-corrected chi connectivity index (χ4v) is 5.15. The first-order chi connectivity index (χ1) is 13.0. The Morgan fingerprint density at radius 3 is 2.59 bits per heavy atom. The molecule has 1 saturated heterocycles. The molecular formula is C17H11ClN4O3S2. The van der Waals surface area contributed by atoms with Gasteiger partial charge in [-0.2, -0.15) is 0 Å². The molecule has 1 atom stereocenters. The van der Waals surface area contributed by atoms with Gasteiger partial charge in [-0.05, 0) is 18.2 Å². The Labute approximate surface area is 167 Å². The van der Waals surface area contributed by atoms with Crippen molar-refractivity contribution < 1.29 is 9.72 Å². The van der Waals surface area contributed by atoms with Gasteiger partial charge in [-0.25, -0.2) is 0 Å². The second-order valence-corrected chi connectivity index (χ2v) is 8.07. The van der Waals surface area contributed by atoms with Gasteiger partial charge in [0.2, 0.25) is 11.0 Å². The summed E-state index contributed by atoms with van der Waals surface area (Å²) in [5.41, 5.74) is 1.56. The number of rotatable bonds is 4. The van der Waals surface area contributed by atoms with E-state index in [4.69, 9.17) is 11.6 Å². The predicted octanol–water partition coefficient (Wildman–Crippen LogP) is 4.55. The van der Waals surface area contributed by atoms with Crippen molar-refractivity contribution in [2.45, 2.75) is 5.37 Å². The number of aromatic nitrogens is 2. The van der Waals surface area contributed by atoms with Gasteiger partial charge >= 0.3 is 0 Å². The molecule has 1 amide bonds. The first kappa shape index (κ1) is 17.9. The molecule has 0 radical (unpaired) electrons. The molecule has 0 aliphatic carbocycles. The fourth-order valence-electron chi connectivity index (χ4n) is 2.69. The lowest BCUT2D eigenvalue weighted by Crippen LogP contribution is -2.27. The number of anilines is 1. The van der Waals surface area contributed by atoms with Gasteiger partial charge < -0.3 is 0 Å². The molecule has 0 bridgehead atoms. The van der Waals surface area contributed by atoms with Crippen LogP contribution < -0.4 is 4.90 Å². The second kappa shape index (κ2) is 7.26. The minimum absolute atomic E-state index is 0.00777. The predicted molar refractivity (Wildman–Crippen MR) is 106 cm³/mol. The number of carbonyl (C=O) groups excluding carboxylic acids is 1. The van der Waals surface area contributed by atoms with Crippen LogP contribution >= 0.6 is 34.7 Å². The van der Waals surface area contributed by atoms with Crippen molar-refractivity contribution in [3.8, 4) is 10.6 Å². The van der Waals surface area contributed by atoms with Crippen LogP contribution in [0.2, 0.25) is 5.02 Å². The van der Waals surface area contributed by atoms with Crippen LogP contribution in [0.15, 0.2) is 48.5 Å². The van der Waals surface area contributed by atoms with E-state index in [1.165, 1.54) is 35.2 Å². The first-order valence-corrected chi connectivity index (χ1v) is 10.1. The van der Waals surface area contributed by atoms with Crippen LogP contribution in [-0.4, -0.2) is 26.8 Å². The third kappa shape index (κ3) is 3.41. The van der Waals surface area contributed by atoms with E-state index in [1.807, 2.05) is 18.2 Å². The summed E-state index contributed by atoms with van der Waals surface area (Å²) in [7, 11) is 0. The number of halogens is 1. The minimum atomic E-state index is -0.455. The summed E-state index contributed by atoms with van der Waals surface area (Å²) in [5, 5.41) is 20.5. The molecule has 1 unspecified atom stereocenters. The van der Waals surface area contributed by atoms with Crippen molar-refractivity contribution in [2.24, 2.45) is 0 Å². The quantitative estimate of drug-likeness (QED) is 0.456. The Kier molecular flexibility index (Phi) is 4.81. The van der Waals surface area contributed by atoms with Crippen LogP contribution in [0, 0.1) is 10.1 Å². The van der Waals surface area contributed by atoms with Crippen molar-refractivity contribution >= 4 is 51.4 Å². The monoisotopic (exact) mass is 418 g/mol. The highest BCUT2D eigenvalue weighted by atomic mass is 35.5. The van der Waals surface area contributed by atoms with Crippen molar-refractivity contribution in [3.63, 3.8) is 0 Å². The maximum Gasteiger partial charge on any atom is 0.269 e. The number of amides is 1. The standard InChI is InChI=1S/C17H11ClN4O3S2/c18-13-4-2-1-3-12(13)16-21(14(23)9-26-16)17-20-19-15(27-17)10-5-7-11(8-6-10)22(24)25/h1-8,16H,9H2. The van der Waals surface area contributed by atoms with Crippen LogP contribution in [0.5, 0.6) is 0 Å². The minimum Gasteiger partial charge on any atom is -0.273 e. The van der Waals surface area contributed by atoms with Crippen molar-refractivity contribution in [1.29, 1.82) is 0 Å². The van der Waals surface area contributed by atoms with E-state index in [-0.39, 0.29) is 17.0 Å². The smallest absolute Gasteiger partial charge is 0.269 e. The maximum absolute atomic E-state index is 12.5. The summed E-state index contributed by atoms with van der Waals surface area (Å²) < 4.78 is 0. The number of carbonyl (C=O) groups is 1. The number of nitro benzene ring substituents is 1. The van der Waals surface area contributed by atoms with Gasteiger partial charge in [-0.1, -0.05) is 41.1 Å². The fraction of sp³-hybridized carbons (Fsp3) is 0.118. The molecule has 136 valence electrons. The summed E-state index contributed by atoms with van der Waals surface area (Å²) in [6, 6.07) is 13.5. The molecule has 27 heavy (non-hydrogen) atoms. The van der Waals surface area contributed by atoms with Crippen LogP contribution in [0.4, 0.5) is 10.8 Å². The Bertz CT molecular complexity index is 1030. The normalized spacial score (nSPS) is 16.7. The van der Waals surface area contributed by atoms with Crippen molar-refractivity contribution in [1.82, 2.24) is 10.2 Å². The van der Waals surface area contributed by atoms with E-state index in [0.29, 0.717) is 26.5 Å². The molecule has 10 heteroatoms. The molecule has 0 N–H and O–H groups in total. The zero-order valence-electron chi connectivity index (χ0n) is 13.6. The Morgan fingerprint density at radius 1 is 1.15 bits per heavy atom. The molecular weight excluding hydrogens is 408 g/mol. The molecule has 1 fully saturated rings. The molecule has 2 aromatic carbocycles. The molecule has 2 heterocycles. The van der Waals surface area contributed by atoms with Gasteiger partial charge in [0.1, 0.15) is 10.4 Å². The molecule has 1 aromatic heterocycles. The van der Waals surface area contributed by atoms with Crippen LogP contribution in [-0.2, 0) is 4.79 Å². The molecule has 0 saturated carbocycles. The number of nitrogens with zero attached hydrogens (tertiary/aromatic N) is 4. The molecule has 3 aromatic rings. The Hall–Kier alpha value is -2.49. The first-order valence-electron chi connectivity index (χ1n) is 7.81. The number of nitro groups is 1. The van der Waals surface area contributed by atoms with Crippen LogP contribution in [0.1, 0.15) is 10.9 Å². The number of benzene rings is 2. The molecule has 1 aliphatic rings. The highest BCUT2D eigenvalue weighted by Crippen LogP contribution is 2.45. The van der Waals surface area contributed by atoms with E-state index in [2.05, 4.69) is 10.2 Å². The van der Waals surface area contributed by atoms with Gasteiger partial charge in [-0.15, -0.1) is 22.0 Å². The Morgan fingerprint density at radius 2 is 1.89 bits per heavy atom. The van der Waals surface area contributed by atoms with Crippen molar-refractivity contribution in [2.75, 3.05) is 10.7 Å². The zero-order valence-corrected chi connectivity index (χ0v) is 16.0. The zero-order chi connectivity index (χ0) is 19.0. The maximum atomic E-state index is 12.5. The third-order valence-corrected chi connectivity index (χ3v) is 6.49. The van der Waals surface area contributed by atoms with Crippen molar-refractivity contribution in [3.05, 3.63) is 69.2 Å². The summed E-state index contributed by atoms with van der Waals surface area (Å²) in [4.78, 5) is 24.4. The molecule has 4 rings (SSSR count). The highest BCUT2D eigenvalue weighted by molar-refractivity contribution is 8.00.